The van der Waals surface area contributed by atoms with Gasteiger partial charge in [0.1, 0.15) is 5.75 Å². The van der Waals surface area contributed by atoms with Gasteiger partial charge in [0.25, 0.3) is 5.91 Å². The number of hydrogen-bond donors (Lipinski definition) is 0. The second-order valence-corrected chi connectivity index (χ2v) is 9.31. The van der Waals surface area contributed by atoms with E-state index in [1.165, 1.54) is 7.11 Å². The van der Waals surface area contributed by atoms with Crippen LogP contribution in [0.2, 0.25) is 0 Å². The molecule has 0 saturated heterocycles. The number of aromatic nitrogens is 1. The molecule has 0 radical (unpaired) electrons. The molecule has 0 spiro atoms. The predicted molar refractivity (Wildman–Crippen MR) is 139 cm³/mol. The molecule has 0 aliphatic carbocycles. The molecule has 7 heteroatoms. The van der Waals surface area contributed by atoms with E-state index in [0.717, 1.165) is 38.4 Å². The summed E-state index contributed by atoms with van der Waals surface area (Å²) < 4.78 is 13.4. The Hall–Kier alpha value is -3.58. The Balaban J connectivity index is 1.75. The van der Waals surface area contributed by atoms with Crippen molar-refractivity contribution in [2.75, 3.05) is 14.2 Å². The summed E-state index contributed by atoms with van der Waals surface area (Å²) in [6.07, 6.45) is 1.79. The quantitative estimate of drug-likeness (QED) is 0.299. The second kappa shape index (κ2) is 9.96. The third-order valence-corrected chi connectivity index (χ3v) is 6.73. The zero-order chi connectivity index (χ0) is 25.3. The Bertz CT molecular complexity index is 1370. The van der Waals surface area contributed by atoms with Crippen LogP contribution in [0.4, 0.5) is 0 Å². The van der Waals surface area contributed by atoms with Crippen molar-refractivity contribution in [3.63, 3.8) is 0 Å². The van der Waals surface area contributed by atoms with Gasteiger partial charge in [0, 0.05) is 27.2 Å². The molecule has 1 aliphatic heterocycles. The number of ether oxygens (including phenoxy) is 2. The zero-order valence-corrected chi connectivity index (χ0v) is 22.0. The van der Waals surface area contributed by atoms with Gasteiger partial charge in [-0.15, -0.1) is 0 Å². The number of benzene rings is 2. The first-order valence-electron chi connectivity index (χ1n) is 11.2. The average molecular weight is 535 g/mol. The van der Waals surface area contributed by atoms with Crippen molar-refractivity contribution in [3.05, 3.63) is 98.4 Å². The third-order valence-electron chi connectivity index (χ3n) is 6.24. The molecular formula is C28H27BrN2O4. The minimum Gasteiger partial charge on any atom is -0.497 e. The van der Waals surface area contributed by atoms with E-state index >= 15 is 0 Å². The topological polar surface area (TPSA) is 60.8 Å². The summed E-state index contributed by atoms with van der Waals surface area (Å²) in [5.74, 6) is -0.0171. The smallest absolute Gasteiger partial charge is 0.340 e. The van der Waals surface area contributed by atoms with E-state index in [2.05, 4.69) is 20.5 Å². The Kier molecular flexibility index (Phi) is 6.98. The molecular weight excluding hydrogens is 508 g/mol. The number of rotatable bonds is 6. The van der Waals surface area contributed by atoms with Crippen molar-refractivity contribution >= 4 is 33.9 Å². The number of allylic oxidation sites excluding steroid dienone is 1. The van der Waals surface area contributed by atoms with Gasteiger partial charge in [0.15, 0.2) is 0 Å². The van der Waals surface area contributed by atoms with Crippen LogP contribution in [0.25, 0.3) is 11.8 Å². The maximum absolute atomic E-state index is 13.6. The van der Waals surface area contributed by atoms with Gasteiger partial charge in [-0.1, -0.05) is 34.1 Å². The highest BCUT2D eigenvalue weighted by Gasteiger charge is 2.37. The lowest BCUT2D eigenvalue weighted by molar-refractivity contribution is -0.136. The number of carbonyl (C=O) groups is 2. The second-order valence-electron chi connectivity index (χ2n) is 8.39. The van der Waals surface area contributed by atoms with E-state index in [0.29, 0.717) is 23.4 Å². The molecule has 3 aromatic rings. The van der Waals surface area contributed by atoms with Gasteiger partial charge < -0.3 is 18.9 Å². The molecule has 35 heavy (non-hydrogen) atoms. The standard InChI is InChI=1S/C28H27BrN2O4/c1-17-13-21(18(2)31(17)23-8-6-7-22(29)15-23)14-25-26(28(33)35-5)19(3)30(27(25)32)16-20-9-11-24(34-4)12-10-20/h6-15H,16H2,1-5H3/b25-14-. The van der Waals surface area contributed by atoms with Crippen LogP contribution in [-0.4, -0.2) is 35.6 Å². The minimum atomic E-state index is -0.528. The molecule has 0 N–H and O–H groups in total. The summed E-state index contributed by atoms with van der Waals surface area (Å²) >= 11 is 3.53. The molecule has 0 fully saturated rings. The van der Waals surface area contributed by atoms with Crippen LogP contribution in [0.1, 0.15) is 29.4 Å². The van der Waals surface area contributed by atoms with Gasteiger partial charge >= 0.3 is 5.97 Å². The minimum absolute atomic E-state index is 0.231. The molecule has 2 aromatic carbocycles. The molecule has 1 aromatic heterocycles. The molecule has 0 unspecified atom stereocenters. The maximum Gasteiger partial charge on any atom is 0.340 e. The van der Waals surface area contributed by atoms with Crippen molar-refractivity contribution in [1.29, 1.82) is 0 Å². The predicted octanol–water partition coefficient (Wildman–Crippen LogP) is 5.74. The first-order valence-corrected chi connectivity index (χ1v) is 12.0. The molecule has 0 atom stereocenters. The van der Waals surface area contributed by atoms with Crippen molar-refractivity contribution in [3.8, 4) is 11.4 Å². The molecule has 1 amide bonds. The lowest BCUT2D eigenvalue weighted by atomic mass is 10.0. The Morgan fingerprint density at radius 2 is 1.74 bits per heavy atom. The largest absolute Gasteiger partial charge is 0.497 e. The summed E-state index contributed by atoms with van der Waals surface area (Å²) in [6, 6.07) is 17.6. The highest BCUT2D eigenvalue weighted by atomic mass is 79.9. The lowest BCUT2D eigenvalue weighted by Crippen LogP contribution is -2.24. The number of esters is 1. The number of aryl methyl sites for hydroxylation is 1. The number of amides is 1. The van der Waals surface area contributed by atoms with Gasteiger partial charge in [-0.3, -0.25) is 4.79 Å². The van der Waals surface area contributed by atoms with Crippen molar-refractivity contribution in [2.45, 2.75) is 27.3 Å². The van der Waals surface area contributed by atoms with Gasteiger partial charge in [0.05, 0.1) is 31.9 Å². The van der Waals surface area contributed by atoms with Crippen molar-refractivity contribution in [1.82, 2.24) is 9.47 Å². The van der Waals surface area contributed by atoms with E-state index in [1.807, 2.05) is 68.4 Å². The maximum atomic E-state index is 13.6. The Morgan fingerprint density at radius 3 is 2.37 bits per heavy atom. The number of hydrogen-bond acceptors (Lipinski definition) is 4. The van der Waals surface area contributed by atoms with Crippen LogP contribution in [0.15, 0.2) is 75.9 Å². The normalized spacial score (nSPS) is 14.7. The van der Waals surface area contributed by atoms with Crippen molar-refractivity contribution in [2.24, 2.45) is 0 Å². The van der Waals surface area contributed by atoms with Crippen LogP contribution in [0, 0.1) is 13.8 Å². The SMILES string of the molecule is COC(=O)C1=C(C)N(Cc2ccc(OC)cc2)C(=O)/C1=C\c1cc(C)n(-c2cccc(Br)c2)c1C. The highest BCUT2D eigenvalue weighted by molar-refractivity contribution is 9.10. The van der Waals surface area contributed by atoms with Crippen LogP contribution < -0.4 is 4.74 Å². The van der Waals surface area contributed by atoms with Crippen LogP contribution in [0.3, 0.4) is 0 Å². The fraction of sp³-hybridized carbons (Fsp3) is 0.214. The summed E-state index contributed by atoms with van der Waals surface area (Å²) in [7, 11) is 2.94. The highest BCUT2D eigenvalue weighted by Crippen LogP contribution is 2.34. The van der Waals surface area contributed by atoms with Crippen LogP contribution in [-0.2, 0) is 20.9 Å². The molecule has 6 nitrogen and oxygen atoms in total. The molecule has 4 rings (SSSR count). The first kappa shape index (κ1) is 24.5. The van der Waals surface area contributed by atoms with Gasteiger partial charge in [-0.2, -0.15) is 0 Å². The summed E-state index contributed by atoms with van der Waals surface area (Å²) in [4.78, 5) is 27.9. The molecule has 2 heterocycles. The third kappa shape index (κ3) is 4.68. The summed E-state index contributed by atoms with van der Waals surface area (Å²) in [5.41, 5.74) is 5.99. The van der Waals surface area contributed by atoms with Gasteiger partial charge in [-0.05, 0) is 74.4 Å². The monoisotopic (exact) mass is 534 g/mol. The van der Waals surface area contributed by atoms with E-state index in [9.17, 15) is 9.59 Å². The van der Waals surface area contributed by atoms with E-state index in [-0.39, 0.29) is 5.91 Å². The number of methoxy groups -OCH3 is 2. The first-order chi connectivity index (χ1) is 16.7. The Morgan fingerprint density at radius 1 is 1.03 bits per heavy atom. The van der Waals surface area contributed by atoms with Crippen molar-refractivity contribution < 1.29 is 19.1 Å². The fourth-order valence-corrected chi connectivity index (χ4v) is 4.82. The number of halogens is 1. The molecule has 0 bridgehead atoms. The lowest BCUT2D eigenvalue weighted by Gasteiger charge is -2.18. The van der Waals surface area contributed by atoms with Crippen LogP contribution in [0.5, 0.6) is 5.75 Å². The molecule has 1 aliphatic rings. The van der Waals surface area contributed by atoms with E-state index in [4.69, 9.17) is 9.47 Å². The number of carbonyl (C=O) groups excluding carboxylic acids is 2. The molecule has 0 saturated carbocycles. The molecule has 180 valence electrons. The van der Waals surface area contributed by atoms with Crippen LogP contribution >= 0.6 is 15.9 Å². The summed E-state index contributed by atoms with van der Waals surface area (Å²) in [5, 5.41) is 0. The zero-order valence-electron chi connectivity index (χ0n) is 20.4. The summed E-state index contributed by atoms with van der Waals surface area (Å²) in [6.45, 7) is 6.14. The van der Waals surface area contributed by atoms with E-state index in [1.54, 1.807) is 25.0 Å². The van der Waals surface area contributed by atoms with Gasteiger partial charge in [-0.25, -0.2) is 4.79 Å². The van der Waals surface area contributed by atoms with E-state index < -0.39 is 5.97 Å². The fourth-order valence-electron chi connectivity index (χ4n) is 4.43. The average Bonchev–Trinajstić information content (AvgIpc) is 3.25. The Labute approximate surface area is 213 Å². The van der Waals surface area contributed by atoms with Gasteiger partial charge in [0.2, 0.25) is 0 Å². The number of nitrogens with zero attached hydrogens (tertiary/aromatic N) is 2.